The Bertz CT molecular complexity index is 848. The van der Waals surface area contributed by atoms with Crippen molar-refractivity contribution in [3.8, 4) is 23.0 Å². The maximum absolute atomic E-state index is 11.9. The van der Waals surface area contributed by atoms with Crippen LogP contribution in [0.5, 0.6) is 23.0 Å². The lowest BCUT2D eigenvalue weighted by molar-refractivity contribution is -0.121. The van der Waals surface area contributed by atoms with E-state index in [-0.39, 0.29) is 29.5 Å². The fourth-order valence-electron chi connectivity index (χ4n) is 2.26. The fourth-order valence-corrected chi connectivity index (χ4v) is 2.26. The van der Waals surface area contributed by atoms with Gasteiger partial charge in [-0.2, -0.15) is 0 Å². The standard InChI is InChI=1S/C21H20O6.BH3O2/c1-26-20-11-14(5-9-18(20)24)3-7-16(22)13-17(23)8-4-15-6-10-19(25)21(12-15)27-2;2-1-3/h3-12,24-25H,13H2,1-2H3;1-3H/b7-3+,8-4+;. The molecule has 0 aliphatic rings. The molecule has 4 N–H and O–H groups in total. The van der Waals surface area contributed by atoms with Crippen molar-refractivity contribution in [2.45, 2.75) is 6.42 Å². The summed E-state index contributed by atoms with van der Waals surface area (Å²) in [4.78, 5) is 23.9. The maximum atomic E-state index is 11.9. The van der Waals surface area contributed by atoms with Gasteiger partial charge in [-0.05, 0) is 47.5 Å². The zero-order chi connectivity index (χ0) is 22.5. The Kier molecular flexibility index (Phi) is 10.5. The lowest BCUT2D eigenvalue weighted by Gasteiger charge is -2.03. The van der Waals surface area contributed by atoms with Crippen LogP contribution < -0.4 is 9.47 Å². The highest BCUT2D eigenvalue weighted by Crippen LogP contribution is 2.27. The number of phenolic OH excluding ortho intramolecular Hbond substituents is 2. The smallest absolute Gasteiger partial charge is 0.432 e. The van der Waals surface area contributed by atoms with Gasteiger partial charge in [0.15, 0.2) is 34.6 Å². The number of aromatic hydroxyl groups is 2. The highest BCUT2D eigenvalue weighted by atomic mass is 16.5. The van der Waals surface area contributed by atoms with Gasteiger partial charge in [0.05, 0.1) is 20.6 Å². The number of carbonyl (C=O) groups excluding carboxylic acids is 2. The second-order valence-corrected chi connectivity index (χ2v) is 5.78. The third-order valence-electron chi connectivity index (χ3n) is 3.68. The number of hydrogen-bond donors (Lipinski definition) is 4. The van der Waals surface area contributed by atoms with E-state index in [0.29, 0.717) is 22.6 Å². The van der Waals surface area contributed by atoms with E-state index in [1.54, 1.807) is 36.4 Å². The van der Waals surface area contributed by atoms with Gasteiger partial charge >= 0.3 is 7.69 Å². The Labute approximate surface area is 174 Å². The average Bonchev–Trinajstić information content (AvgIpc) is 2.73. The van der Waals surface area contributed by atoms with Gasteiger partial charge in [-0.1, -0.05) is 24.3 Å². The summed E-state index contributed by atoms with van der Waals surface area (Å²) in [5.41, 5.74) is 1.33. The van der Waals surface area contributed by atoms with E-state index >= 15 is 0 Å². The molecule has 0 saturated heterocycles. The van der Waals surface area contributed by atoms with Crippen LogP contribution in [0.1, 0.15) is 17.5 Å². The molecule has 0 unspecified atom stereocenters. The van der Waals surface area contributed by atoms with Crippen LogP contribution in [0.3, 0.4) is 0 Å². The first-order valence-corrected chi connectivity index (χ1v) is 8.72. The first-order chi connectivity index (χ1) is 14.3. The second-order valence-electron chi connectivity index (χ2n) is 5.78. The molecule has 0 bridgehead atoms. The highest BCUT2D eigenvalue weighted by Gasteiger charge is 2.06. The van der Waals surface area contributed by atoms with E-state index < -0.39 is 7.69 Å². The molecule has 0 fully saturated rings. The van der Waals surface area contributed by atoms with E-state index in [1.165, 1.54) is 38.5 Å². The predicted octanol–water partition coefficient (Wildman–Crippen LogP) is 1.61. The van der Waals surface area contributed by atoms with Gasteiger partial charge in [-0.25, -0.2) is 0 Å². The van der Waals surface area contributed by atoms with Crippen LogP contribution in [0.25, 0.3) is 12.2 Å². The molecular weight excluding hydrogens is 391 g/mol. The molecule has 2 aromatic carbocycles. The molecule has 8 nitrogen and oxygen atoms in total. The molecule has 0 radical (unpaired) electrons. The van der Waals surface area contributed by atoms with Gasteiger partial charge in [-0.15, -0.1) is 0 Å². The SMILES string of the molecule is COc1cc(/C=C/C(=O)CC(=O)/C=C/c2ccc(O)c(OC)c2)ccc1O.OBO. The van der Waals surface area contributed by atoms with E-state index in [0.717, 1.165) is 0 Å². The first kappa shape index (κ1) is 24.5. The van der Waals surface area contributed by atoms with Crippen molar-refractivity contribution in [1.29, 1.82) is 0 Å². The topological polar surface area (TPSA) is 134 Å². The van der Waals surface area contributed by atoms with Crippen molar-refractivity contribution in [2.75, 3.05) is 14.2 Å². The van der Waals surface area contributed by atoms with Crippen molar-refractivity contribution >= 4 is 31.4 Å². The molecule has 0 amide bonds. The van der Waals surface area contributed by atoms with Crippen LogP contribution in [0.2, 0.25) is 0 Å². The van der Waals surface area contributed by atoms with E-state index in [1.807, 2.05) is 0 Å². The first-order valence-electron chi connectivity index (χ1n) is 8.72. The zero-order valence-corrected chi connectivity index (χ0v) is 16.6. The number of carbonyl (C=O) groups is 2. The normalized spacial score (nSPS) is 10.4. The average molecular weight is 414 g/mol. The summed E-state index contributed by atoms with van der Waals surface area (Å²) in [6.45, 7) is 0. The molecule has 9 heteroatoms. The van der Waals surface area contributed by atoms with E-state index in [2.05, 4.69) is 0 Å². The van der Waals surface area contributed by atoms with Gasteiger partial charge in [0, 0.05) is 0 Å². The van der Waals surface area contributed by atoms with Crippen LogP contribution in [0.15, 0.2) is 48.6 Å². The largest absolute Gasteiger partial charge is 0.504 e. The molecule has 30 heavy (non-hydrogen) atoms. The Morgan fingerprint density at radius 1 is 0.833 bits per heavy atom. The van der Waals surface area contributed by atoms with Crippen LogP contribution in [-0.2, 0) is 9.59 Å². The molecular formula is C21H23BO8. The van der Waals surface area contributed by atoms with E-state index in [9.17, 15) is 19.8 Å². The van der Waals surface area contributed by atoms with Gasteiger partial charge in [0.25, 0.3) is 0 Å². The molecule has 0 aromatic heterocycles. The number of ether oxygens (including phenoxy) is 2. The van der Waals surface area contributed by atoms with Gasteiger partial charge in [-0.3, -0.25) is 9.59 Å². The predicted molar refractivity (Wildman–Crippen MR) is 114 cm³/mol. The van der Waals surface area contributed by atoms with Crippen molar-refractivity contribution in [2.24, 2.45) is 0 Å². The molecule has 0 heterocycles. The quantitative estimate of drug-likeness (QED) is 0.291. The number of benzene rings is 2. The number of allylic oxidation sites excluding steroid dienone is 2. The molecule has 2 aromatic rings. The fraction of sp³-hybridized carbons (Fsp3) is 0.143. The van der Waals surface area contributed by atoms with Crippen LogP contribution in [0.4, 0.5) is 0 Å². The van der Waals surface area contributed by atoms with Crippen LogP contribution in [0, 0.1) is 0 Å². The number of methoxy groups -OCH3 is 2. The number of hydrogen-bond acceptors (Lipinski definition) is 8. The molecule has 0 saturated carbocycles. The van der Waals surface area contributed by atoms with Gasteiger partial charge < -0.3 is 29.7 Å². The van der Waals surface area contributed by atoms with Crippen molar-refractivity contribution in [3.05, 3.63) is 59.7 Å². The third kappa shape index (κ3) is 8.21. The second kappa shape index (κ2) is 12.8. The van der Waals surface area contributed by atoms with Crippen molar-refractivity contribution in [1.82, 2.24) is 0 Å². The lowest BCUT2D eigenvalue weighted by atomic mass is 10.1. The summed E-state index contributed by atoms with van der Waals surface area (Å²) in [5.74, 6) is -0.0832. The Morgan fingerprint density at radius 2 is 1.20 bits per heavy atom. The Balaban J connectivity index is 0.00000141. The number of phenols is 2. The maximum Gasteiger partial charge on any atom is 0.432 e. The highest BCUT2D eigenvalue weighted by molar-refractivity contribution is 6.13. The van der Waals surface area contributed by atoms with Crippen molar-refractivity contribution in [3.63, 3.8) is 0 Å². The molecule has 0 aliphatic heterocycles. The summed E-state index contributed by atoms with van der Waals surface area (Å²) in [6, 6.07) is 9.34. The molecule has 0 atom stereocenters. The molecule has 0 spiro atoms. The number of rotatable bonds is 8. The summed E-state index contributed by atoms with van der Waals surface area (Å²) < 4.78 is 10.00. The van der Waals surface area contributed by atoms with Gasteiger partial charge in [0.2, 0.25) is 0 Å². The molecule has 2 rings (SSSR count). The minimum absolute atomic E-state index is 0.00662. The Hall–Kier alpha value is -3.56. The minimum atomic E-state index is -0.750. The lowest BCUT2D eigenvalue weighted by Crippen LogP contribution is -2.01. The van der Waals surface area contributed by atoms with Gasteiger partial charge in [0.1, 0.15) is 0 Å². The Morgan fingerprint density at radius 3 is 1.53 bits per heavy atom. The monoisotopic (exact) mass is 414 g/mol. The summed E-state index contributed by atoms with van der Waals surface area (Å²) in [6.07, 6.45) is 5.44. The molecule has 0 aliphatic carbocycles. The summed E-state index contributed by atoms with van der Waals surface area (Å²) in [7, 11) is 2.12. The third-order valence-corrected chi connectivity index (χ3v) is 3.68. The molecule has 158 valence electrons. The van der Waals surface area contributed by atoms with E-state index in [4.69, 9.17) is 19.5 Å². The van der Waals surface area contributed by atoms with Crippen LogP contribution >= 0.6 is 0 Å². The summed E-state index contributed by atoms with van der Waals surface area (Å²) in [5, 5.41) is 33.3. The van der Waals surface area contributed by atoms with Crippen molar-refractivity contribution < 1.29 is 39.3 Å². The zero-order valence-electron chi connectivity index (χ0n) is 16.6. The minimum Gasteiger partial charge on any atom is -0.504 e. The summed E-state index contributed by atoms with van der Waals surface area (Å²) >= 11 is 0. The number of ketones is 2. The van der Waals surface area contributed by atoms with Crippen LogP contribution in [-0.4, -0.2) is 53.7 Å².